The summed E-state index contributed by atoms with van der Waals surface area (Å²) in [6.45, 7) is 0.635. The predicted octanol–water partition coefficient (Wildman–Crippen LogP) is 0.430. The zero-order valence-electron chi connectivity index (χ0n) is 7.95. The number of amides is 3. The molecule has 1 aliphatic rings. The van der Waals surface area contributed by atoms with Gasteiger partial charge in [-0.1, -0.05) is 0 Å². The summed E-state index contributed by atoms with van der Waals surface area (Å²) in [4.78, 5) is 21.9. The van der Waals surface area contributed by atoms with Crippen LogP contribution in [0.4, 0.5) is 4.79 Å². The second-order valence-corrected chi connectivity index (χ2v) is 3.24. The lowest BCUT2D eigenvalue weighted by atomic mass is 10.1. The highest BCUT2D eigenvalue weighted by Gasteiger charge is 2.15. The fourth-order valence-corrected chi connectivity index (χ4v) is 1.51. The number of primary amides is 1. The lowest BCUT2D eigenvalue weighted by Gasteiger charge is -2.03. The van der Waals surface area contributed by atoms with Crippen LogP contribution in [0.2, 0.25) is 0 Å². The number of carbonyl (C=O) groups excluding carboxylic acids is 2. The first kappa shape index (κ1) is 9.51. The maximum absolute atomic E-state index is 11.4. The van der Waals surface area contributed by atoms with E-state index in [1.165, 1.54) is 0 Å². The van der Waals surface area contributed by atoms with Gasteiger partial charge in [0.25, 0.3) is 5.91 Å². The molecule has 3 N–H and O–H groups in total. The van der Waals surface area contributed by atoms with Crippen LogP contribution in [0.1, 0.15) is 15.9 Å². The predicted molar refractivity (Wildman–Crippen MR) is 52.7 cm³/mol. The number of urea groups is 1. The Morgan fingerprint density at radius 2 is 2.20 bits per heavy atom. The molecule has 0 radical (unpaired) electrons. The fourth-order valence-electron chi connectivity index (χ4n) is 1.51. The number of imide groups is 1. The van der Waals surface area contributed by atoms with Gasteiger partial charge in [-0.3, -0.25) is 10.1 Å². The van der Waals surface area contributed by atoms with Crippen molar-refractivity contribution in [1.29, 1.82) is 0 Å². The Labute approximate surface area is 86.2 Å². The van der Waals surface area contributed by atoms with Gasteiger partial charge in [0, 0.05) is 12.0 Å². The Hall–Kier alpha value is -2.04. The minimum absolute atomic E-state index is 0.415. The van der Waals surface area contributed by atoms with E-state index < -0.39 is 11.9 Å². The maximum Gasteiger partial charge on any atom is 0.319 e. The van der Waals surface area contributed by atoms with Crippen molar-refractivity contribution in [3.63, 3.8) is 0 Å². The SMILES string of the molecule is NC(=O)NC(=O)c1ccc2c(c1)CCO2. The summed E-state index contributed by atoms with van der Waals surface area (Å²) >= 11 is 0. The van der Waals surface area contributed by atoms with Crippen molar-refractivity contribution in [2.45, 2.75) is 6.42 Å². The highest BCUT2D eigenvalue weighted by Crippen LogP contribution is 2.25. The first-order valence-corrected chi connectivity index (χ1v) is 4.53. The molecule has 1 heterocycles. The third kappa shape index (κ3) is 1.90. The summed E-state index contributed by atoms with van der Waals surface area (Å²) in [5.41, 5.74) is 6.24. The molecule has 5 nitrogen and oxygen atoms in total. The van der Waals surface area contributed by atoms with E-state index >= 15 is 0 Å². The maximum atomic E-state index is 11.4. The van der Waals surface area contributed by atoms with Gasteiger partial charge in [0.2, 0.25) is 0 Å². The number of ether oxygens (including phenoxy) is 1. The van der Waals surface area contributed by atoms with Crippen LogP contribution in [-0.4, -0.2) is 18.5 Å². The molecule has 78 valence electrons. The topological polar surface area (TPSA) is 81.4 Å². The van der Waals surface area contributed by atoms with Crippen LogP contribution in [0.5, 0.6) is 5.75 Å². The van der Waals surface area contributed by atoms with Crippen molar-refractivity contribution in [3.05, 3.63) is 29.3 Å². The number of carbonyl (C=O) groups is 2. The van der Waals surface area contributed by atoms with Crippen LogP contribution < -0.4 is 15.8 Å². The highest BCUT2D eigenvalue weighted by molar-refractivity contribution is 6.03. The van der Waals surface area contributed by atoms with E-state index in [4.69, 9.17) is 10.5 Å². The fraction of sp³-hybridized carbons (Fsp3) is 0.200. The van der Waals surface area contributed by atoms with E-state index in [2.05, 4.69) is 0 Å². The number of nitrogens with two attached hydrogens (primary N) is 1. The molecular weight excluding hydrogens is 196 g/mol. The first-order valence-electron chi connectivity index (χ1n) is 4.53. The van der Waals surface area contributed by atoms with Gasteiger partial charge in [0.1, 0.15) is 5.75 Å². The number of benzene rings is 1. The Morgan fingerprint density at radius 1 is 1.40 bits per heavy atom. The molecule has 0 saturated heterocycles. The molecule has 2 rings (SSSR count). The molecule has 0 aliphatic carbocycles. The van der Waals surface area contributed by atoms with E-state index in [0.717, 1.165) is 17.7 Å². The molecule has 0 fully saturated rings. The average molecular weight is 206 g/mol. The van der Waals surface area contributed by atoms with Crippen LogP contribution in [0, 0.1) is 0 Å². The minimum atomic E-state index is -0.850. The van der Waals surface area contributed by atoms with Crippen molar-refractivity contribution in [2.75, 3.05) is 6.61 Å². The lowest BCUT2D eigenvalue weighted by Crippen LogP contribution is -2.34. The molecule has 5 heteroatoms. The average Bonchev–Trinajstić information content (AvgIpc) is 2.62. The standard InChI is InChI=1S/C10H10N2O3/c11-10(14)12-9(13)7-1-2-8-6(5-7)3-4-15-8/h1-2,5H,3-4H2,(H3,11,12,13,14). The lowest BCUT2D eigenvalue weighted by molar-refractivity contribution is 0.0966. The monoisotopic (exact) mass is 206 g/mol. The molecule has 0 saturated carbocycles. The molecular formula is C10H10N2O3. The largest absolute Gasteiger partial charge is 0.493 e. The molecule has 1 aromatic carbocycles. The van der Waals surface area contributed by atoms with Crippen LogP contribution in [0.3, 0.4) is 0 Å². The zero-order valence-corrected chi connectivity index (χ0v) is 7.95. The van der Waals surface area contributed by atoms with Gasteiger partial charge in [-0.15, -0.1) is 0 Å². The van der Waals surface area contributed by atoms with Gasteiger partial charge < -0.3 is 10.5 Å². The Bertz CT molecular complexity index is 429. The van der Waals surface area contributed by atoms with E-state index in [1.54, 1.807) is 18.2 Å². The zero-order chi connectivity index (χ0) is 10.8. The number of nitrogens with one attached hydrogen (secondary N) is 1. The van der Waals surface area contributed by atoms with E-state index in [9.17, 15) is 9.59 Å². The van der Waals surface area contributed by atoms with Gasteiger partial charge in [-0.2, -0.15) is 0 Å². The third-order valence-electron chi connectivity index (χ3n) is 2.19. The Morgan fingerprint density at radius 3 is 2.93 bits per heavy atom. The molecule has 1 aliphatic heterocycles. The van der Waals surface area contributed by atoms with Crippen molar-refractivity contribution in [1.82, 2.24) is 5.32 Å². The molecule has 0 atom stereocenters. The van der Waals surface area contributed by atoms with Crippen molar-refractivity contribution < 1.29 is 14.3 Å². The minimum Gasteiger partial charge on any atom is -0.493 e. The summed E-state index contributed by atoms with van der Waals surface area (Å²) in [6, 6.07) is 4.18. The number of rotatable bonds is 1. The van der Waals surface area contributed by atoms with Crippen LogP contribution >= 0.6 is 0 Å². The molecule has 0 spiro atoms. The van der Waals surface area contributed by atoms with Crippen LogP contribution in [0.25, 0.3) is 0 Å². The van der Waals surface area contributed by atoms with E-state index in [0.29, 0.717) is 12.2 Å². The molecule has 1 aromatic rings. The number of fused-ring (bicyclic) bond motifs is 1. The molecule has 15 heavy (non-hydrogen) atoms. The van der Waals surface area contributed by atoms with Crippen molar-refractivity contribution in [2.24, 2.45) is 5.73 Å². The molecule has 0 aromatic heterocycles. The molecule has 3 amide bonds. The Kier molecular flexibility index (Phi) is 2.29. The van der Waals surface area contributed by atoms with Crippen molar-refractivity contribution in [3.8, 4) is 5.75 Å². The second kappa shape index (κ2) is 3.61. The van der Waals surface area contributed by atoms with Gasteiger partial charge >= 0.3 is 6.03 Å². The van der Waals surface area contributed by atoms with E-state index in [1.807, 2.05) is 5.32 Å². The quantitative estimate of drug-likeness (QED) is 0.699. The number of hydrogen-bond donors (Lipinski definition) is 2. The first-order chi connectivity index (χ1) is 7.16. The van der Waals surface area contributed by atoms with Crippen molar-refractivity contribution >= 4 is 11.9 Å². The van der Waals surface area contributed by atoms with Crippen LogP contribution in [0.15, 0.2) is 18.2 Å². The third-order valence-corrected chi connectivity index (χ3v) is 2.19. The molecule has 0 unspecified atom stereocenters. The summed E-state index contributed by atoms with van der Waals surface area (Å²) in [5, 5.41) is 2.01. The summed E-state index contributed by atoms with van der Waals surface area (Å²) < 4.78 is 5.29. The van der Waals surface area contributed by atoms with Gasteiger partial charge in [0.05, 0.1) is 6.61 Å². The summed E-state index contributed by atoms with van der Waals surface area (Å²) in [5.74, 6) is 0.308. The van der Waals surface area contributed by atoms with Gasteiger partial charge in [-0.25, -0.2) is 4.79 Å². The normalized spacial score (nSPS) is 12.8. The highest BCUT2D eigenvalue weighted by atomic mass is 16.5. The van der Waals surface area contributed by atoms with Gasteiger partial charge in [-0.05, 0) is 23.8 Å². The summed E-state index contributed by atoms with van der Waals surface area (Å²) in [6.07, 6.45) is 0.785. The summed E-state index contributed by atoms with van der Waals surface area (Å²) in [7, 11) is 0. The Balaban J connectivity index is 2.23. The molecule has 0 bridgehead atoms. The van der Waals surface area contributed by atoms with E-state index in [-0.39, 0.29) is 0 Å². The number of hydrogen-bond acceptors (Lipinski definition) is 3. The second-order valence-electron chi connectivity index (χ2n) is 3.24. The smallest absolute Gasteiger partial charge is 0.319 e. The van der Waals surface area contributed by atoms with Gasteiger partial charge in [0.15, 0.2) is 0 Å². The van der Waals surface area contributed by atoms with Crippen LogP contribution in [-0.2, 0) is 6.42 Å².